The summed E-state index contributed by atoms with van der Waals surface area (Å²) in [6.07, 6.45) is 0. The van der Waals surface area contributed by atoms with Gasteiger partial charge in [0.25, 0.3) is 5.78 Å². The number of primary amides is 1. The van der Waals surface area contributed by atoms with E-state index in [1.54, 1.807) is 5.43 Å². The van der Waals surface area contributed by atoms with Gasteiger partial charge in [0.2, 0.25) is 0 Å². The van der Waals surface area contributed by atoms with Crippen LogP contribution in [0.4, 0.5) is 4.79 Å². The van der Waals surface area contributed by atoms with Crippen molar-refractivity contribution in [2.45, 2.75) is 6.92 Å². The summed E-state index contributed by atoms with van der Waals surface area (Å²) in [5.74, 6) is -1.98. The molecule has 0 unspecified atom stereocenters. The molecule has 0 spiro atoms. The lowest BCUT2D eigenvalue weighted by Gasteiger charge is -1.97. The number of hydrogen-bond acceptors (Lipinski definition) is 5. The van der Waals surface area contributed by atoms with E-state index in [-0.39, 0.29) is 5.71 Å². The third-order valence-electron chi connectivity index (χ3n) is 1.03. The number of urea groups is 1. The fourth-order valence-corrected chi connectivity index (χ4v) is 0.430. The Kier molecular flexibility index (Phi) is 4.14. The molecule has 3 N–H and O–H groups in total. The maximum Gasteiger partial charge on any atom is 0.380 e. The molecule has 0 bridgehead atoms. The Labute approximate surface area is 73.9 Å². The number of Topliss-reactive ketones (excluding diaryl/α,β-unsaturated/α-hetero) is 1. The highest BCUT2D eigenvalue weighted by molar-refractivity contribution is 6.63. The van der Waals surface area contributed by atoms with Crippen molar-refractivity contribution in [2.24, 2.45) is 10.8 Å². The molecular formula is C6H9N3O4. The molecule has 2 amide bonds. The van der Waals surface area contributed by atoms with E-state index in [0.29, 0.717) is 0 Å². The Hall–Kier alpha value is -1.92. The molecule has 0 fully saturated rings. The summed E-state index contributed by atoms with van der Waals surface area (Å²) in [6.45, 7) is 1.25. The number of nitrogens with two attached hydrogens (primary N) is 1. The number of carbonyl (C=O) groups is 3. The molecule has 72 valence electrons. The molecule has 0 aliphatic carbocycles. The fourth-order valence-electron chi connectivity index (χ4n) is 0.430. The monoisotopic (exact) mass is 187 g/mol. The van der Waals surface area contributed by atoms with Crippen molar-refractivity contribution in [2.75, 3.05) is 7.11 Å². The average molecular weight is 187 g/mol. The molecule has 13 heavy (non-hydrogen) atoms. The van der Waals surface area contributed by atoms with Crippen LogP contribution in [0, 0.1) is 0 Å². The van der Waals surface area contributed by atoms with Gasteiger partial charge in [0.15, 0.2) is 0 Å². The highest BCUT2D eigenvalue weighted by Gasteiger charge is 2.17. The molecule has 7 nitrogen and oxygen atoms in total. The van der Waals surface area contributed by atoms with E-state index < -0.39 is 17.8 Å². The molecule has 0 saturated heterocycles. The third kappa shape index (κ3) is 3.85. The van der Waals surface area contributed by atoms with Crippen LogP contribution >= 0.6 is 0 Å². The molecule has 0 radical (unpaired) electrons. The number of methoxy groups -OCH3 is 1. The molecule has 0 aliphatic rings. The predicted octanol–water partition coefficient (Wildman–Crippen LogP) is -1.23. The normalized spacial score (nSPS) is 10.5. The van der Waals surface area contributed by atoms with Crippen molar-refractivity contribution in [3.05, 3.63) is 0 Å². The summed E-state index contributed by atoms with van der Waals surface area (Å²) in [7, 11) is 1.06. The number of rotatable bonds is 3. The molecule has 0 heterocycles. The number of amides is 2. The quantitative estimate of drug-likeness (QED) is 0.249. The van der Waals surface area contributed by atoms with E-state index in [1.807, 2.05) is 0 Å². The molecule has 0 aliphatic heterocycles. The van der Waals surface area contributed by atoms with Crippen LogP contribution in [0.15, 0.2) is 5.10 Å². The summed E-state index contributed by atoms with van der Waals surface area (Å²) in [4.78, 5) is 31.6. The van der Waals surface area contributed by atoms with Crippen molar-refractivity contribution in [3.63, 3.8) is 0 Å². The summed E-state index contributed by atoms with van der Waals surface area (Å²) in [5, 5.41) is 3.23. The number of hydrogen-bond donors (Lipinski definition) is 2. The Balaban J connectivity index is 4.33. The van der Waals surface area contributed by atoms with Crippen molar-refractivity contribution < 1.29 is 19.1 Å². The molecule has 0 aromatic rings. The third-order valence-corrected chi connectivity index (χ3v) is 1.03. The van der Waals surface area contributed by atoms with Crippen molar-refractivity contribution >= 4 is 23.5 Å². The summed E-state index contributed by atoms with van der Waals surface area (Å²) >= 11 is 0. The van der Waals surface area contributed by atoms with Gasteiger partial charge >= 0.3 is 12.0 Å². The number of nitrogens with one attached hydrogen (secondary N) is 1. The standard InChI is InChI=1S/C6H9N3O4/c1-3(8-9-6(7)12)4(10)5(11)13-2/h1-2H3,(H3,7,9,12)/b8-3+. The first-order valence-electron chi connectivity index (χ1n) is 3.21. The van der Waals surface area contributed by atoms with Crippen LogP contribution in [0.5, 0.6) is 0 Å². The van der Waals surface area contributed by atoms with Gasteiger partial charge < -0.3 is 10.5 Å². The zero-order chi connectivity index (χ0) is 10.4. The Morgan fingerprint density at radius 3 is 2.31 bits per heavy atom. The van der Waals surface area contributed by atoms with Gasteiger partial charge in [-0.2, -0.15) is 5.10 Å². The highest BCUT2D eigenvalue weighted by Crippen LogP contribution is 1.83. The fraction of sp³-hybridized carbons (Fsp3) is 0.333. The second-order valence-corrected chi connectivity index (χ2v) is 1.99. The minimum Gasteiger partial charge on any atom is -0.463 e. The Bertz CT molecular complexity index is 271. The van der Waals surface area contributed by atoms with E-state index in [2.05, 4.69) is 15.6 Å². The van der Waals surface area contributed by atoms with Gasteiger partial charge in [0.1, 0.15) is 5.71 Å². The Morgan fingerprint density at radius 1 is 1.38 bits per heavy atom. The lowest BCUT2D eigenvalue weighted by Crippen LogP contribution is -2.29. The summed E-state index contributed by atoms with van der Waals surface area (Å²) < 4.78 is 4.13. The molecule has 0 saturated carbocycles. The van der Waals surface area contributed by atoms with Gasteiger partial charge in [0.05, 0.1) is 7.11 Å². The minimum absolute atomic E-state index is 0.203. The second-order valence-electron chi connectivity index (χ2n) is 1.99. The van der Waals surface area contributed by atoms with Gasteiger partial charge in [-0.15, -0.1) is 0 Å². The topological polar surface area (TPSA) is 111 Å². The summed E-state index contributed by atoms with van der Waals surface area (Å²) in [6, 6.07) is -0.919. The number of hydrazone groups is 1. The van der Waals surface area contributed by atoms with Crippen LogP contribution in [-0.2, 0) is 14.3 Å². The van der Waals surface area contributed by atoms with Crippen LogP contribution in [0.1, 0.15) is 6.92 Å². The van der Waals surface area contributed by atoms with E-state index in [9.17, 15) is 14.4 Å². The van der Waals surface area contributed by atoms with Crippen molar-refractivity contribution in [3.8, 4) is 0 Å². The summed E-state index contributed by atoms with van der Waals surface area (Å²) in [5.41, 5.74) is 6.27. The van der Waals surface area contributed by atoms with E-state index in [0.717, 1.165) is 7.11 Å². The van der Waals surface area contributed by atoms with E-state index >= 15 is 0 Å². The molecule has 0 atom stereocenters. The number of carbonyl (C=O) groups excluding carboxylic acids is 3. The maximum atomic E-state index is 10.9. The first-order chi connectivity index (χ1) is 5.99. The van der Waals surface area contributed by atoms with Gasteiger partial charge in [0, 0.05) is 0 Å². The first-order valence-corrected chi connectivity index (χ1v) is 3.21. The van der Waals surface area contributed by atoms with Crippen LogP contribution in [0.2, 0.25) is 0 Å². The largest absolute Gasteiger partial charge is 0.463 e. The zero-order valence-electron chi connectivity index (χ0n) is 7.16. The second kappa shape index (κ2) is 4.86. The molecule has 0 aromatic heterocycles. The van der Waals surface area contributed by atoms with E-state index in [4.69, 9.17) is 0 Å². The number of nitrogens with zero attached hydrogens (tertiary/aromatic N) is 1. The van der Waals surface area contributed by atoms with Crippen molar-refractivity contribution in [1.29, 1.82) is 0 Å². The number of ketones is 1. The minimum atomic E-state index is -1.05. The average Bonchev–Trinajstić information content (AvgIpc) is 2.11. The van der Waals surface area contributed by atoms with Crippen LogP contribution in [-0.4, -0.2) is 30.6 Å². The lowest BCUT2D eigenvalue weighted by atomic mass is 10.3. The molecule has 0 rings (SSSR count). The first kappa shape index (κ1) is 11.1. The van der Waals surface area contributed by atoms with Crippen LogP contribution in [0.25, 0.3) is 0 Å². The van der Waals surface area contributed by atoms with E-state index in [1.165, 1.54) is 6.92 Å². The Morgan fingerprint density at radius 2 is 1.92 bits per heavy atom. The zero-order valence-corrected chi connectivity index (χ0v) is 7.16. The highest BCUT2D eigenvalue weighted by atomic mass is 16.5. The molecular weight excluding hydrogens is 178 g/mol. The van der Waals surface area contributed by atoms with Crippen molar-refractivity contribution in [1.82, 2.24) is 5.43 Å². The van der Waals surface area contributed by atoms with Crippen LogP contribution in [0.3, 0.4) is 0 Å². The predicted molar refractivity (Wildman–Crippen MR) is 42.9 cm³/mol. The van der Waals surface area contributed by atoms with Gasteiger partial charge in [-0.05, 0) is 6.92 Å². The molecule has 7 heteroatoms. The smallest absolute Gasteiger partial charge is 0.380 e. The van der Waals surface area contributed by atoms with Gasteiger partial charge in [-0.1, -0.05) is 0 Å². The SMILES string of the molecule is COC(=O)C(=O)/C(C)=N/NC(N)=O. The van der Waals surface area contributed by atoms with Gasteiger partial charge in [-0.25, -0.2) is 15.0 Å². The maximum absolute atomic E-state index is 10.9. The lowest BCUT2D eigenvalue weighted by molar-refractivity contribution is -0.148. The van der Waals surface area contributed by atoms with Crippen LogP contribution < -0.4 is 11.2 Å². The van der Waals surface area contributed by atoms with Gasteiger partial charge in [-0.3, -0.25) is 4.79 Å². The number of ether oxygens (including phenoxy) is 1. The molecule has 0 aromatic carbocycles. The number of esters is 1.